The molecule has 154 valence electrons. The van der Waals surface area contributed by atoms with Crippen molar-refractivity contribution in [2.75, 3.05) is 29.9 Å². The molecule has 3 unspecified atom stereocenters. The molecular formula is C19H29N5O3S. The number of sulfone groups is 1. The quantitative estimate of drug-likeness (QED) is 0.713. The minimum atomic E-state index is -3.66. The van der Waals surface area contributed by atoms with Gasteiger partial charge in [0.15, 0.2) is 15.7 Å². The molecule has 1 saturated heterocycles. The molecular weight excluding hydrogens is 378 g/mol. The van der Waals surface area contributed by atoms with Crippen molar-refractivity contribution in [2.45, 2.75) is 45.2 Å². The largest absolute Gasteiger partial charge is 0.374 e. The van der Waals surface area contributed by atoms with Gasteiger partial charge in [-0.05, 0) is 25.8 Å². The molecule has 9 heteroatoms. The van der Waals surface area contributed by atoms with Crippen molar-refractivity contribution in [2.24, 2.45) is 11.7 Å². The SMILES string of the molecule is C/C=C\C=C(/C)S(=O)(=O)C1c2ncnc(N3CCOC(C(C)C)C3)c2NC1N. The number of anilines is 2. The summed E-state index contributed by atoms with van der Waals surface area (Å²) in [6.07, 6.45) is 5.79. The van der Waals surface area contributed by atoms with Crippen molar-refractivity contribution < 1.29 is 13.2 Å². The molecule has 1 aromatic rings. The first kappa shape index (κ1) is 20.8. The molecule has 0 spiro atoms. The van der Waals surface area contributed by atoms with Crippen LogP contribution in [0.1, 0.15) is 38.6 Å². The van der Waals surface area contributed by atoms with E-state index in [0.29, 0.717) is 42.8 Å². The number of nitrogens with zero attached hydrogens (tertiary/aromatic N) is 3. The van der Waals surface area contributed by atoms with E-state index in [1.807, 2.05) is 6.92 Å². The summed E-state index contributed by atoms with van der Waals surface area (Å²) in [6.45, 7) is 9.63. The Morgan fingerprint density at radius 1 is 1.43 bits per heavy atom. The lowest BCUT2D eigenvalue weighted by Gasteiger charge is -2.36. The van der Waals surface area contributed by atoms with E-state index in [-0.39, 0.29) is 11.0 Å². The van der Waals surface area contributed by atoms with E-state index in [9.17, 15) is 8.42 Å². The van der Waals surface area contributed by atoms with Gasteiger partial charge in [-0.25, -0.2) is 18.4 Å². The molecule has 2 aliphatic heterocycles. The van der Waals surface area contributed by atoms with Crippen molar-refractivity contribution in [1.82, 2.24) is 9.97 Å². The molecule has 0 radical (unpaired) electrons. The molecule has 28 heavy (non-hydrogen) atoms. The van der Waals surface area contributed by atoms with Gasteiger partial charge in [-0.2, -0.15) is 0 Å². The van der Waals surface area contributed by atoms with Crippen molar-refractivity contribution in [3.05, 3.63) is 35.2 Å². The summed E-state index contributed by atoms with van der Waals surface area (Å²) in [4.78, 5) is 11.1. The first-order valence-electron chi connectivity index (χ1n) is 9.54. The van der Waals surface area contributed by atoms with Crippen molar-refractivity contribution in [3.63, 3.8) is 0 Å². The highest BCUT2D eigenvalue weighted by Gasteiger charge is 2.44. The normalized spacial score (nSPS) is 26.0. The summed E-state index contributed by atoms with van der Waals surface area (Å²) in [7, 11) is -3.66. The van der Waals surface area contributed by atoms with Crippen LogP contribution >= 0.6 is 0 Å². The van der Waals surface area contributed by atoms with Gasteiger partial charge < -0.3 is 20.7 Å². The maximum atomic E-state index is 13.1. The Hall–Kier alpha value is -1.97. The topological polar surface area (TPSA) is 110 Å². The summed E-state index contributed by atoms with van der Waals surface area (Å²) < 4.78 is 32.1. The zero-order valence-electron chi connectivity index (χ0n) is 16.8. The molecule has 0 saturated carbocycles. The first-order chi connectivity index (χ1) is 13.3. The van der Waals surface area contributed by atoms with Gasteiger partial charge in [0.1, 0.15) is 17.3 Å². The molecule has 1 fully saturated rings. The van der Waals surface area contributed by atoms with Gasteiger partial charge in [-0.3, -0.25) is 0 Å². The van der Waals surface area contributed by atoms with Crippen molar-refractivity contribution in [1.29, 1.82) is 0 Å². The summed E-state index contributed by atoms with van der Waals surface area (Å²) in [5, 5.41) is 2.17. The van der Waals surface area contributed by atoms with E-state index >= 15 is 0 Å². The van der Waals surface area contributed by atoms with Gasteiger partial charge in [-0.1, -0.05) is 26.0 Å². The second-order valence-electron chi connectivity index (χ2n) is 7.50. The second kappa shape index (κ2) is 8.18. The third-order valence-corrected chi connectivity index (χ3v) is 7.43. The molecule has 3 heterocycles. The van der Waals surface area contributed by atoms with Gasteiger partial charge in [-0.15, -0.1) is 0 Å². The average molecular weight is 408 g/mol. The van der Waals surface area contributed by atoms with E-state index < -0.39 is 21.3 Å². The number of hydrogen-bond acceptors (Lipinski definition) is 8. The summed E-state index contributed by atoms with van der Waals surface area (Å²) >= 11 is 0. The summed E-state index contributed by atoms with van der Waals surface area (Å²) in [5.41, 5.74) is 7.24. The number of nitrogens with one attached hydrogen (secondary N) is 1. The van der Waals surface area contributed by atoms with Crippen molar-refractivity contribution >= 4 is 21.3 Å². The number of fused-ring (bicyclic) bond motifs is 1. The van der Waals surface area contributed by atoms with Gasteiger partial charge in [0.2, 0.25) is 0 Å². The number of nitrogens with two attached hydrogens (primary N) is 1. The van der Waals surface area contributed by atoms with Gasteiger partial charge in [0.25, 0.3) is 0 Å². The van der Waals surface area contributed by atoms with E-state index in [2.05, 4.69) is 34.0 Å². The van der Waals surface area contributed by atoms with Crippen LogP contribution in [0.25, 0.3) is 0 Å². The number of aromatic nitrogens is 2. The van der Waals surface area contributed by atoms with Crippen LogP contribution < -0.4 is 16.0 Å². The summed E-state index contributed by atoms with van der Waals surface area (Å²) in [5.74, 6) is 1.06. The van der Waals surface area contributed by atoms with Crippen LogP contribution in [0.15, 0.2) is 29.5 Å². The maximum absolute atomic E-state index is 13.1. The minimum Gasteiger partial charge on any atom is -0.374 e. The van der Waals surface area contributed by atoms with Crippen LogP contribution in [0.3, 0.4) is 0 Å². The van der Waals surface area contributed by atoms with Crippen LogP contribution in [0, 0.1) is 5.92 Å². The van der Waals surface area contributed by atoms with Crippen LogP contribution in [-0.2, 0) is 14.6 Å². The molecule has 0 amide bonds. The van der Waals surface area contributed by atoms with E-state index in [4.69, 9.17) is 10.5 Å². The zero-order chi connectivity index (χ0) is 20.5. The molecule has 3 atom stereocenters. The average Bonchev–Trinajstić information content (AvgIpc) is 3.02. The number of hydrogen-bond donors (Lipinski definition) is 2. The zero-order valence-corrected chi connectivity index (χ0v) is 17.6. The van der Waals surface area contributed by atoms with Crippen LogP contribution in [-0.4, -0.2) is 50.4 Å². The smallest absolute Gasteiger partial charge is 0.186 e. The van der Waals surface area contributed by atoms with E-state index in [1.54, 1.807) is 25.2 Å². The molecule has 3 N–H and O–H groups in total. The fourth-order valence-electron chi connectivity index (χ4n) is 3.53. The van der Waals surface area contributed by atoms with Crippen LogP contribution in [0.5, 0.6) is 0 Å². The third-order valence-electron chi connectivity index (χ3n) is 5.21. The Morgan fingerprint density at radius 3 is 2.86 bits per heavy atom. The second-order valence-corrected chi connectivity index (χ2v) is 9.74. The van der Waals surface area contributed by atoms with Gasteiger partial charge >= 0.3 is 0 Å². The maximum Gasteiger partial charge on any atom is 0.186 e. The van der Waals surface area contributed by atoms with E-state index in [1.165, 1.54) is 6.33 Å². The summed E-state index contributed by atoms with van der Waals surface area (Å²) in [6, 6.07) is 0. The van der Waals surface area contributed by atoms with Crippen LogP contribution in [0.4, 0.5) is 11.5 Å². The lowest BCUT2D eigenvalue weighted by molar-refractivity contribution is 0.0112. The number of morpholine rings is 1. The predicted molar refractivity (Wildman–Crippen MR) is 111 cm³/mol. The molecule has 3 rings (SSSR count). The Morgan fingerprint density at radius 2 is 2.18 bits per heavy atom. The molecule has 1 aromatic heterocycles. The highest BCUT2D eigenvalue weighted by Crippen LogP contribution is 2.43. The standard InChI is InChI=1S/C19H29N5O3S/c1-5-6-7-13(4)28(25,26)17-15-16(23-18(17)20)19(22-11-21-15)24-8-9-27-14(10-24)12(2)3/h5-7,11-12,14,17-18,23H,8-10,20H2,1-4H3/b6-5-,13-7+. The number of allylic oxidation sites excluding steroid dienone is 4. The molecule has 0 aliphatic carbocycles. The molecule has 0 aromatic carbocycles. The highest BCUT2D eigenvalue weighted by atomic mass is 32.2. The predicted octanol–water partition coefficient (Wildman–Crippen LogP) is 1.98. The van der Waals surface area contributed by atoms with Crippen LogP contribution in [0.2, 0.25) is 0 Å². The Kier molecular flexibility index (Phi) is 6.07. The fraction of sp³-hybridized carbons (Fsp3) is 0.579. The van der Waals surface area contributed by atoms with E-state index in [0.717, 1.165) is 0 Å². The minimum absolute atomic E-state index is 0.0972. The van der Waals surface area contributed by atoms with Gasteiger partial charge in [0.05, 0.1) is 24.6 Å². The fourth-order valence-corrected chi connectivity index (χ4v) is 5.13. The molecule has 2 aliphatic rings. The lowest BCUT2D eigenvalue weighted by atomic mass is 10.1. The lowest BCUT2D eigenvalue weighted by Crippen LogP contribution is -2.45. The highest BCUT2D eigenvalue weighted by molar-refractivity contribution is 7.95. The van der Waals surface area contributed by atoms with Gasteiger partial charge in [0, 0.05) is 18.0 Å². The Balaban J connectivity index is 1.98. The number of rotatable bonds is 5. The Bertz CT molecular complexity index is 882. The monoisotopic (exact) mass is 407 g/mol. The first-order valence-corrected chi connectivity index (χ1v) is 11.1. The molecule has 8 nitrogen and oxygen atoms in total. The van der Waals surface area contributed by atoms with Crippen molar-refractivity contribution in [3.8, 4) is 0 Å². The number of ether oxygens (including phenoxy) is 1. The Labute approximate surface area is 166 Å². The third kappa shape index (κ3) is 3.78. The molecule has 0 bridgehead atoms.